The van der Waals surface area contributed by atoms with Gasteiger partial charge in [-0.1, -0.05) is 0 Å². The Bertz CT molecular complexity index is 1020. The SMILES string of the molecule is [B]B([B])B([B])B(B([B])[B])B(B(B([B])[B])B([B])[B])B(B(B(B([B])[B])B([B])[B])B(B([B])[B])B([B])[B])B(B(B(B([B])[B])B([B])[B])B(B([B])[B])B([B])[B])B(B(B([B])[B])B([B])[B])B(B([B])[B])B([B])[B]. The Morgan fingerprint density at radius 1 is 0.0938 bits per heavy atom. The van der Waals surface area contributed by atoms with E-state index in [0.717, 1.165) is 0 Å². The van der Waals surface area contributed by atoms with Crippen molar-refractivity contribution in [3.63, 3.8) is 0 Å². The Morgan fingerprint density at radius 3 is 0.281 bits per heavy atom. The lowest BCUT2D eigenvalue weighted by Gasteiger charge is -2.59. The van der Waals surface area contributed by atoms with Gasteiger partial charge in [-0.15, -0.1) is 0 Å². The molecule has 0 spiro atoms. The van der Waals surface area contributed by atoms with E-state index >= 15 is 0 Å². The second kappa shape index (κ2) is 31.1. The Morgan fingerprint density at radius 2 is 0.188 bits per heavy atom. The van der Waals surface area contributed by atoms with Crippen LogP contribution in [0, 0.1) is 0 Å². The zero-order valence-corrected chi connectivity index (χ0v) is 37.0. The van der Waals surface area contributed by atoms with Crippen molar-refractivity contribution in [1.82, 2.24) is 0 Å². The molecule has 0 saturated carbocycles. The predicted molar refractivity (Wildman–Crippen MR) is 368 cm³/mol. The molecule has 0 heterocycles. The molecular formula is B64. The molecule has 0 bridgehead atoms. The molecule has 0 unspecified atom stereocenters. The van der Waals surface area contributed by atoms with Crippen molar-refractivity contribution in [3.8, 4) is 0 Å². The first-order chi connectivity index (χ1) is 29.1. The molecule has 0 aliphatic carbocycles. The molecule has 0 aliphatic heterocycles. The van der Waals surface area contributed by atoms with Gasteiger partial charge >= 0.3 is 0 Å². The summed E-state index contributed by atoms with van der Waals surface area (Å²) in [4.78, 5) is 0. The van der Waals surface area contributed by atoms with Crippen LogP contribution >= 0.6 is 0 Å². The van der Waals surface area contributed by atoms with Crippen LogP contribution in [0.3, 0.4) is 0 Å². The lowest BCUT2D eigenvalue weighted by Crippen LogP contribution is -2.97. The Kier molecular flexibility index (Phi) is 33.2. The van der Waals surface area contributed by atoms with Crippen LogP contribution in [-0.2, 0) is 0 Å². The van der Waals surface area contributed by atoms with E-state index < -0.39 is 198 Å². The van der Waals surface area contributed by atoms with Crippen molar-refractivity contribution in [2.75, 3.05) is 0 Å². The summed E-state index contributed by atoms with van der Waals surface area (Å²) < 4.78 is 0. The molecule has 0 aromatic heterocycles. The Hall–Kier alpha value is 4.16. The monoisotopic (exact) mass is 705 g/mol. The Labute approximate surface area is 449 Å². The van der Waals surface area contributed by atoms with Crippen molar-refractivity contribution in [2.24, 2.45) is 0 Å². The molecule has 0 fully saturated rings. The average Bonchev–Trinajstić information content (AvgIpc) is 3.07. The van der Waals surface area contributed by atoms with Gasteiger partial charge in [-0.05, 0) is 0 Å². The molecule has 192 valence electrons. The molecule has 0 rings (SSSR count). The Balaban J connectivity index is 11.1. The maximum atomic E-state index is 6.92. The first-order valence-electron chi connectivity index (χ1n) is 21.0. The maximum Gasteiger partial charge on any atom is 0 e. The normalized spacial score (nSPS) is 9.75. The zero-order chi connectivity index (χ0) is 50.9. The third-order valence-electron chi connectivity index (χ3n) is 13.3. The molecule has 64 heavy (non-hydrogen) atoms. The molecular weight excluding hydrogens is 692 g/mol. The summed E-state index contributed by atoms with van der Waals surface area (Å²) in [5.74, 6) is 0. The highest BCUT2D eigenvalue weighted by Gasteiger charge is 2.63. The van der Waals surface area contributed by atoms with E-state index in [1.165, 1.54) is 0 Å². The smallest absolute Gasteiger partial charge is 0 e. The fourth-order valence-electron chi connectivity index (χ4n) is 11.0. The van der Waals surface area contributed by atoms with Gasteiger partial charge in [0.05, 0.1) is 0 Å². The molecule has 0 atom stereocenters. The van der Waals surface area contributed by atoms with Crippen LogP contribution in [0.1, 0.15) is 0 Å². The van der Waals surface area contributed by atoms with E-state index in [4.69, 9.17) is 255 Å². The summed E-state index contributed by atoms with van der Waals surface area (Å²) in [6.07, 6.45) is -46.0. The van der Waals surface area contributed by atoms with E-state index in [1.54, 1.807) is 0 Å². The highest BCUT2D eigenvalue weighted by atomic mass is 13.4. The summed E-state index contributed by atoms with van der Waals surface area (Å²) in [5.41, 5.74) is 0. The molecule has 0 amide bonds. The second-order valence-corrected chi connectivity index (χ2v) is 17.9. The third-order valence-corrected chi connectivity index (χ3v) is 13.3. The van der Waals surface area contributed by atoms with E-state index in [0.29, 0.717) is 0 Å². The maximum absolute atomic E-state index is 6.92. The van der Waals surface area contributed by atoms with Crippen molar-refractivity contribution < 1.29 is 0 Å². The summed E-state index contributed by atoms with van der Waals surface area (Å²) in [6.45, 7) is 0. The average molecular weight is 692 g/mol. The molecule has 66 radical (unpaired) electrons. The van der Waals surface area contributed by atoms with Gasteiger partial charge in [0.15, 0.2) is 0 Å². The summed E-state index contributed by atoms with van der Waals surface area (Å²) in [6, 6.07) is 0. The van der Waals surface area contributed by atoms with Crippen molar-refractivity contribution >= 4 is 453 Å². The predicted octanol–water partition coefficient (Wildman–Crippen LogP) is -24.4. The molecule has 0 aromatic carbocycles. The van der Waals surface area contributed by atoms with Gasteiger partial charge in [-0.2, -0.15) is 0 Å². The quantitative estimate of drug-likeness (QED) is 0.0658. The van der Waals surface area contributed by atoms with E-state index in [2.05, 4.69) is 0 Å². The van der Waals surface area contributed by atoms with Gasteiger partial charge in [0.1, 0.15) is 0 Å². The van der Waals surface area contributed by atoms with Gasteiger partial charge in [-0.25, -0.2) is 0 Å². The van der Waals surface area contributed by atoms with E-state index in [-0.39, 0.29) is 0 Å². The minimum Gasteiger partial charge on any atom is 0 e. The molecule has 0 saturated heterocycles. The fraction of sp³-hybridized carbons (Fsp3) is 0. The molecule has 0 aliphatic rings. The zero-order valence-electron chi connectivity index (χ0n) is 37.0. The summed E-state index contributed by atoms with van der Waals surface area (Å²) >= 11 is 0. The first-order valence-corrected chi connectivity index (χ1v) is 21.0. The van der Waals surface area contributed by atoms with Crippen LogP contribution < -0.4 is 0 Å². The van der Waals surface area contributed by atoms with Gasteiger partial charge in [-0.3, -0.25) is 0 Å². The van der Waals surface area contributed by atoms with Crippen LogP contribution in [0.5, 0.6) is 0 Å². The third kappa shape index (κ3) is 18.2. The second-order valence-electron chi connectivity index (χ2n) is 17.9. The molecule has 0 nitrogen and oxygen atoms in total. The number of hydrogen-bond donors (Lipinski definition) is 0. The van der Waals surface area contributed by atoms with Gasteiger partial charge in [0.25, 0.3) is 0 Å². The van der Waals surface area contributed by atoms with Crippen LogP contribution in [0.25, 0.3) is 0 Å². The van der Waals surface area contributed by atoms with Crippen molar-refractivity contribution in [3.05, 3.63) is 0 Å². The van der Waals surface area contributed by atoms with Crippen molar-refractivity contribution in [2.45, 2.75) is 0 Å². The van der Waals surface area contributed by atoms with E-state index in [9.17, 15) is 0 Å². The highest BCUT2D eigenvalue weighted by Crippen LogP contribution is 2.25. The molecule has 64 heteroatoms. The van der Waals surface area contributed by atoms with Crippen molar-refractivity contribution in [1.29, 1.82) is 0 Å². The minimum absolute atomic E-state index is 1.40. The van der Waals surface area contributed by atoms with Gasteiger partial charge < -0.3 is 0 Å². The standard InChI is InChI=1S/B64/c1-34(2)50(33)58(49(31)32)62(57(47(27)28)48(29)30)64(61(55(43(19)20)44(21)22)56(45(23)24)46(25)26)63(59(51(35(3)4)36(5)6)52(37(7)8)38(9)10)60(53(39(11)12)40(13)14)54(41(15)16)42(17)18. The first kappa shape index (κ1) is 68.2. The number of hydrogen-bond acceptors (Lipinski definition) is 0. The largest absolute Gasteiger partial charge is 0 e. The van der Waals surface area contributed by atoms with Gasteiger partial charge in [0.2, 0.25) is 0 Å². The summed E-state index contributed by atoms with van der Waals surface area (Å²) in [5, 5.41) is 0. The number of rotatable bonds is 30. The minimum atomic E-state index is -1.60. The molecule has 0 N–H and O–H groups in total. The topological polar surface area (TPSA) is 0 Å². The van der Waals surface area contributed by atoms with Crippen LogP contribution in [0.4, 0.5) is 0 Å². The highest BCUT2D eigenvalue weighted by molar-refractivity contribution is 8.38. The van der Waals surface area contributed by atoms with Crippen LogP contribution in [-0.4, -0.2) is 453 Å². The molecule has 0 aromatic rings. The van der Waals surface area contributed by atoms with Gasteiger partial charge in [0, 0.05) is 453 Å². The van der Waals surface area contributed by atoms with Crippen LogP contribution in [0.15, 0.2) is 0 Å². The fourth-order valence-corrected chi connectivity index (χ4v) is 11.0. The van der Waals surface area contributed by atoms with Crippen LogP contribution in [0.2, 0.25) is 0 Å². The van der Waals surface area contributed by atoms with E-state index in [1.807, 2.05) is 0 Å². The lowest BCUT2D eigenvalue weighted by molar-refractivity contribution is 3.16. The summed E-state index contributed by atoms with van der Waals surface area (Å²) in [7, 11) is 219. The lowest BCUT2D eigenvalue weighted by atomic mass is 8.22.